The molecule has 0 aliphatic carbocycles. The van der Waals surface area contributed by atoms with Crippen LogP contribution >= 0.6 is 15.9 Å². The van der Waals surface area contributed by atoms with Crippen LogP contribution in [0.3, 0.4) is 0 Å². The van der Waals surface area contributed by atoms with E-state index in [2.05, 4.69) is 26.0 Å². The van der Waals surface area contributed by atoms with Crippen LogP contribution in [0.1, 0.15) is 10.6 Å². The summed E-state index contributed by atoms with van der Waals surface area (Å²) < 4.78 is 30.0. The Hall–Kier alpha value is -1.80. The molecule has 0 radical (unpaired) electrons. The molecule has 0 saturated heterocycles. The highest BCUT2D eigenvalue weighted by atomic mass is 79.9. The van der Waals surface area contributed by atoms with Crippen molar-refractivity contribution in [3.63, 3.8) is 0 Å². The average Bonchev–Trinajstić information content (AvgIpc) is 2.92. The second-order valence-electron chi connectivity index (χ2n) is 3.84. The minimum absolute atomic E-state index is 0.177. The third-order valence-electron chi connectivity index (χ3n) is 2.28. The molecule has 2 N–H and O–H groups in total. The van der Waals surface area contributed by atoms with Gasteiger partial charge in [0.05, 0.1) is 12.0 Å². The number of halogens is 1. The van der Waals surface area contributed by atoms with Crippen LogP contribution in [0.5, 0.6) is 0 Å². The molecule has 0 fully saturated rings. The summed E-state index contributed by atoms with van der Waals surface area (Å²) in [5.74, 6) is -0.230. The summed E-state index contributed by atoms with van der Waals surface area (Å²) in [6.07, 6.45) is 1.40. The highest BCUT2D eigenvalue weighted by Crippen LogP contribution is 2.17. The number of rotatable bonds is 5. The summed E-state index contributed by atoms with van der Waals surface area (Å²) in [7, 11) is -3.43. The fourth-order valence-corrected chi connectivity index (χ4v) is 2.35. The van der Waals surface area contributed by atoms with Gasteiger partial charge in [0.1, 0.15) is 4.66 Å². The summed E-state index contributed by atoms with van der Waals surface area (Å²) in [4.78, 5) is 11.8. The Morgan fingerprint density at radius 3 is 2.60 bits per heavy atom. The van der Waals surface area contributed by atoms with Gasteiger partial charge in [0.15, 0.2) is 5.76 Å². The number of furan rings is 1. The molecule has 1 heterocycles. The number of sulfonamides is 1. The van der Waals surface area contributed by atoms with Gasteiger partial charge in [-0.05, 0) is 30.3 Å². The molecule has 106 valence electrons. The molecular weight excluding hydrogens is 348 g/mol. The second-order valence-corrected chi connectivity index (χ2v) is 6.86. The normalized spacial score (nSPS) is 11.1. The first kappa shape index (κ1) is 14.6. The first-order chi connectivity index (χ1) is 9.50. The van der Waals surface area contributed by atoms with E-state index in [1.165, 1.54) is 18.4 Å². The molecule has 0 spiro atoms. The molecule has 8 heteroatoms. The van der Waals surface area contributed by atoms with Crippen molar-refractivity contribution in [2.24, 2.45) is 0 Å². The number of nitrogens with one attached hydrogen (secondary N) is 2. The number of amides is 1. The SMILES string of the molecule is O=C(Nc1cccc(NS(=O)(=O)CBr)c1)c1ccco1. The van der Waals surface area contributed by atoms with Crippen LogP contribution in [-0.2, 0) is 10.0 Å². The first-order valence-electron chi connectivity index (χ1n) is 5.51. The predicted molar refractivity (Wildman–Crippen MR) is 79.4 cm³/mol. The van der Waals surface area contributed by atoms with E-state index >= 15 is 0 Å². The van der Waals surface area contributed by atoms with Crippen LogP contribution in [-0.4, -0.2) is 19.0 Å². The van der Waals surface area contributed by atoms with Gasteiger partial charge in [-0.2, -0.15) is 0 Å². The van der Waals surface area contributed by atoms with Gasteiger partial charge in [-0.15, -0.1) is 0 Å². The second kappa shape index (κ2) is 6.10. The van der Waals surface area contributed by atoms with Gasteiger partial charge in [-0.1, -0.05) is 22.0 Å². The Morgan fingerprint density at radius 2 is 1.95 bits per heavy atom. The van der Waals surface area contributed by atoms with E-state index in [0.29, 0.717) is 11.4 Å². The Bertz CT molecular complexity index is 698. The van der Waals surface area contributed by atoms with E-state index in [4.69, 9.17) is 4.42 Å². The van der Waals surface area contributed by atoms with Crippen molar-refractivity contribution in [3.8, 4) is 0 Å². The number of alkyl halides is 1. The van der Waals surface area contributed by atoms with E-state index in [1.807, 2.05) is 0 Å². The van der Waals surface area contributed by atoms with Crippen molar-refractivity contribution < 1.29 is 17.6 Å². The molecule has 0 atom stereocenters. The Kier molecular flexibility index (Phi) is 4.46. The molecule has 1 amide bonds. The lowest BCUT2D eigenvalue weighted by atomic mass is 10.3. The summed E-state index contributed by atoms with van der Waals surface area (Å²) in [6.45, 7) is 0. The number of anilines is 2. The lowest BCUT2D eigenvalue weighted by Gasteiger charge is -2.08. The van der Waals surface area contributed by atoms with E-state index < -0.39 is 15.9 Å². The minimum atomic E-state index is -3.43. The Labute approximate surface area is 124 Å². The number of benzene rings is 1. The molecule has 2 rings (SSSR count). The van der Waals surface area contributed by atoms with Crippen LogP contribution in [0, 0.1) is 0 Å². The topological polar surface area (TPSA) is 88.4 Å². The average molecular weight is 359 g/mol. The highest BCUT2D eigenvalue weighted by molar-refractivity contribution is 9.10. The molecule has 20 heavy (non-hydrogen) atoms. The van der Waals surface area contributed by atoms with E-state index in [9.17, 15) is 13.2 Å². The quantitative estimate of drug-likeness (QED) is 0.804. The van der Waals surface area contributed by atoms with E-state index in [-0.39, 0.29) is 10.4 Å². The van der Waals surface area contributed by atoms with Crippen molar-refractivity contribution in [3.05, 3.63) is 48.4 Å². The molecule has 2 aromatic rings. The van der Waals surface area contributed by atoms with Crippen molar-refractivity contribution >= 4 is 43.2 Å². The Balaban J connectivity index is 2.12. The van der Waals surface area contributed by atoms with Crippen LogP contribution in [0.4, 0.5) is 11.4 Å². The van der Waals surface area contributed by atoms with Crippen LogP contribution < -0.4 is 10.0 Å². The maximum absolute atomic E-state index is 11.8. The third kappa shape index (κ3) is 3.84. The lowest BCUT2D eigenvalue weighted by molar-refractivity contribution is 0.0996. The maximum atomic E-state index is 11.8. The minimum Gasteiger partial charge on any atom is -0.459 e. The molecule has 0 aliphatic rings. The van der Waals surface area contributed by atoms with Gasteiger partial charge in [-0.3, -0.25) is 9.52 Å². The van der Waals surface area contributed by atoms with Gasteiger partial charge in [0.2, 0.25) is 10.0 Å². The zero-order valence-corrected chi connectivity index (χ0v) is 12.6. The van der Waals surface area contributed by atoms with E-state index in [1.54, 1.807) is 24.3 Å². The lowest BCUT2D eigenvalue weighted by Crippen LogP contribution is -2.14. The maximum Gasteiger partial charge on any atom is 0.291 e. The van der Waals surface area contributed by atoms with Gasteiger partial charge >= 0.3 is 0 Å². The third-order valence-corrected chi connectivity index (χ3v) is 4.92. The van der Waals surface area contributed by atoms with Crippen molar-refractivity contribution in [2.75, 3.05) is 14.7 Å². The van der Waals surface area contributed by atoms with Crippen LogP contribution in [0.2, 0.25) is 0 Å². The van der Waals surface area contributed by atoms with E-state index in [0.717, 1.165) is 0 Å². The van der Waals surface area contributed by atoms with Gasteiger partial charge in [0, 0.05) is 5.69 Å². The Morgan fingerprint density at radius 1 is 1.20 bits per heavy atom. The highest BCUT2D eigenvalue weighted by Gasteiger charge is 2.11. The zero-order chi connectivity index (χ0) is 14.6. The molecule has 1 aromatic carbocycles. The van der Waals surface area contributed by atoms with Crippen LogP contribution in [0.15, 0.2) is 47.1 Å². The first-order valence-corrected chi connectivity index (χ1v) is 8.29. The summed E-state index contributed by atoms with van der Waals surface area (Å²) in [5, 5.41) is 2.61. The molecule has 6 nitrogen and oxygen atoms in total. The van der Waals surface area contributed by atoms with Gasteiger partial charge in [-0.25, -0.2) is 8.42 Å². The number of hydrogen-bond donors (Lipinski definition) is 2. The largest absolute Gasteiger partial charge is 0.459 e. The van der Waals surface area contributed by atoms with Crippen molar-refractivity contribution in [1.82, 2.24) is 0 Å². The van der Waals surface area contributed by atoms with Crippen molar-refractivity contribution in [1.29, 1.82) is 0 Å². The fraction of sp³-hybridized carbons (Fsp3) is 0.0833. The monoisotopic (exact) mass is 358 g/mol. The summed E-state index contributed by atoms with van der Waals surface area (Å²) >= 11 is 2.88. The molecule has 0 unspecified atom stereocenters. The molecular formula is C12H11BrN2O4S. The standard InChI is InChI=1S/C12H11BrN2O4S/c13-8-20(17,18)15-10-4-1-3-9(7-10)14-12(16)11-5-2-6-19-11/h1-7,15H,8H2,(H,14,16). The van der Waals surface area contributed by atoms with Gasteiger partial charge in [0.25, 0.3) is 5.91 Å². The molecule has 1 aromatic heterocycles. The summed E-state index contributed by atoms with van der Waals surface area (Å²) in [5.41, 5.74) is 0.822. The molecule has 0 bridgehead atoms. The van der Waals surface area contributed by atoms with Crippen molar-refractivity contribution in [2.45, 2.75) is 0 Å². The molecule has 0 saturated carbocycles. The molecule has 0 aliphatic heterocycles. The van der Waals surface area contributed by atoms with Crippen LogP contribution in [0.25, 0.3) is 0 Å². The van der Waals surface area contributed by atoms with Gasteiger partial charge < -0.3 is 9.73 Å². The fourth-order valence-electron chi connectivity index (χ4n) is 1.47. The number of carbonyl (C=O) groups is 1. The number of hydrogen-bond acceptors (Lipinski definition) is 4. The predicted octanol–water partition coefficient (Wildman–Crippen LogP) is 2.63. The zero-order valence-electron chi connectivity index (χ0n) is 10.2. The number of carbonyl (C=O) groups excluding carboxylic acids is 1. The summed E-state index contributed by atoms with van der Waals surface area (Å²) in [6, 6.07) is 9.52. The smallest absolute Gasteiger partial charge is 0.291 e.